The molecule has 0 bridgehead atoms. The van der Waals surface area contributed by atoms with Crippen LogP contribution in [-0.4, -0.2) is 18.3 Å². The van der Waals surface area contributed by atoms with E-state index >= 15 is 0 Å². The minimum Gasteiger partial charge on any atom is -0.371 e. The highest BCUT2D eigenvalue weighted by Gasteiger charge is 1.95. The van der Waals surface area contributed by atoms with Crippen LogP contribution in [0.2, 0.25) is 0 Å². The van der Waals surface area contributed by atoms with Crippen LogP contribution in [-0.2, 0) is 4.74 Å². The number of hydrogen-bond donors (Lipinski definition) is 0. The van der Waals surface area contributed by atoms with Gasteiger partial charge in [0.05, 0.1) is 5.94 Å². The van der Waals surface area contributed by atoms with Crippen LogP contribution in [0.25, 0.3) is 0 Å². The van der Waals surface area contributed by atoms with Crippen molar-refractivity contribution in [2.45, 2.75) is 6.42 Å². The molecule has 2 heteroatoms. The quantitative estimate of drug-likeness (QED) is 0.455. The summed E-state index contributed by atoms with van der Waals surface area (Å²) in [5.74, 6) is 2.21. The molecule has 1 saturated heterocycles. The highest BCUT2D eigenvalue weighted by atomic mass is 32.2. The van der Waals surface area contributed by atoms with E-state index in [1.54, 1.807) is 0 Å². The maximum atomic E-state index is 5.03. The summed E-state index contributed by atoms with van der Waals surface area (Å²) in [6, 6.07) is 0. The molecule has 1 rings (SSSR count). The molecule has 0 aromatic carbocycles. The summed E-state index contributed by atoms with van der Waals surface area (Å²) in [4.78, 5) is 0. The zero-order valence-corrected chi connectivity index (χ0v) is 4.46. The predicted molar refractivity (Wildman–Crippen MR) is 27.9 cm³/mol. The zero-order valence-electron chi connectivity index (χ0n) is 3.64. The van der Waals surface area contributed by atoms with Crippen LogP contribution < -0.4 is 0 Å². The van der Waals surface area contributed by atoms with Gasteiger partial charge in [0.2, 0.25) is 0 Å². The highest BCUT2D eigenvalue weighted by molar-refractivity contribution is 7.99. The second-order valence-electron chi connectivity index (χ2n) is 1.29. The van der Waals surface area contributed by atoms with Gasteiger partial charge in [0.15, 0.2) is 0 Å². The predicted octanol–water partition coefficient (Wildman–Crippen LogP) is 1.10. The number of thioether (sulfide) groups is 1. The molecule has 0 atom stereocenters. The van der Waals surface area contributed by atoms with Gasteiger partial charge in [-0.3, -0.25) is 0 Å². The van der Waals surface area contributed by atoms with Crippen molar-refractivity contribution in [1.29, 1.82) is 0 Å². The van der Waals surface area contributed by atoms with Crippen molar-refractivity contribution in [2.24, 2.45) is 0 Å². The molecule has 1 aliphatic rings. The molecule has 6 heavy (non-hydrogen) atoms. The molecule has 0 aliphatic carbocycles. The molecule has 0 N–H and O–H groups in total. The Morgan fingerprint density at radius 3 is 2.67 bits per heavy atom. The summed E-state index contributed by atoms with van der Waals surface area (Å²) in [5, 5.41) is 0. The van der Waals surface area contributed by atoms with E-state index < -0.39 is 0 Å². The Morgan fingerprint density at radius 2 is 2.50 bits per heavy atom. The van der Waals surface area contributed by atoms with E-state index in [0.717, 1.165) is 12.5 Å². The average molecular weight is 104 g/mol. The molecule has 1 nitrogen and oxygen atoms in total. The molecule has 0 aromatic rings. The molecule has 0 aromatic heterocycles. The lowest BCUT2D eigenvalue weighted by Crippen LogP contribution is -2.01. The van der Waals surface area contributed by atoms with Gasteiger partial charge >= 0.3 is 0 Å². The van der Waals surface area contributed by atoms with Crippen LogP contribution in [0.5, 0.6) is 0 Å². The van der Waals surface area contributed by atoms with Crippen molar-refractivity contribution >= 4 is 11.8 Å². The van der Waals surface area contributed by atoms with Gasteiger partial charge in [0.25, 0.3) is 0 Å². The van der Waals surface area contributed by atoms with Crippen LogP contribution in [0.1, 0.15) is 6.42 Å². The van der Waals surface area contributed by atoms with Crippen molar-refractivity contribution in [3.05, 3.63) is 0 Å². The van der Waals surface area contributed by atoms with Crippen molar-refractivity contribution in [2.75, 3.05) is 18.3 Å². The first-order valence-electron chi connectivity index (χ1n) is 2.15. The summed E-state index contributed by atoms with van der Waals surface area (Å²) in [6.07, 6.45) is 1.24. The second kappa shape index (κ2) is 2.48. The fourth-order valence-electron chi connectivity index (χ4n) is 0.440. The largest absolute Gasteiger partial charge is 0.371 e. The Labute approximate surface area is 42.1 Å². The van der Waals surface area contributed by atoms with Gasteiger partial charge < -0.3 is 4.74 Å². The van der Waals surface area contributed by atoms with E-state index in [1.807, 2.05) is 11.8 Å². The molecule has 0 saturated carbocycles. The van der Waals surface area contributed by atoms with Gasteiger partial charge in [-0.25, -0.2) is 0 Å². The number of hydrogen-bond acceptors (Lipinski definition) is 2. The Morgan fingerprint density at radius 1 is 1.50 bits per heavy atom. The van der Waals surface area contributed by atoms with Crippen molar-refractivity contribution < 1.29 is 4.74 Å². The molecule has 36 valence electrons. The minimum atomic E-state index is 0.917. The zero-order chi connectivity index (χ0) is 4.24. The number of ether oxygens (including phenoxy) is 1. The van der Waals surface area contributed by atoms with Gasteiger partial charge in [0, 0.05) is 6.61 Å². The Bertz CT molecular complexity index is 23.0. The first kappa shape index (κ1) is 4.47. The third kappa shape index (κ3) is 1.19. The van der Waals surface area contributed by atoms with Crippen LogP contribution in [0.3, 0.4) is 0 Å². The van der Waals surface area contributed by atoms with Gasteiger partial charge in [-0.1, -0.05) is 0 Å². The third-order valence-corrected chi connectivity index (χ3v) is 1.65. The van der Waals surface area contributed by atoms with Gasteiger partial charge in [-0.05, 0) is 12.2 Å². The molecular weight excluding hydrogens is 96.1 g/mol. The van der Waals surface area contributed by atoms with Crippen molar-refractivity contribution in [3.63, 3.8) is 0 Å². The van der Waals surface area contributed by atoms with Crippen LogP contribution in [0.15, 0.2) is 0 Å². The summed E-state index contributed by atoms with van der Waals surface area (Å²) >= 11 is 1.87. The summed E-state index contributed by atoms with van der Waals surface area (Å²) in [7, 11) is 0. The van der Waals surface area contributed by atoms with Crippen molar-refractivity contribution in [1.82, 2.24) is 0 Å². The molecular formula is C4H8OS. The molecule has 0 amide bonds. The average Bonchev–Trinajstić information content (AvgIpc) is 1.72. The Kier molecular flexibility index (Phi) is 1.85. The Hall–Kier alpha value is 0.310. The molecule has 1 fully saturated rings. The fourth-order valence-corrected chi connectivity index (χ4v) is 1.12. The number of rotatable bonds is 0. The third-order valence-electron chi connectivity index (χ3n) is 0.744. The van der Waals surface area contributed by atoms with Crippen LogP contribution >= 0.6 is 11.8 Å². The summed E-state index contributed by atoms with van der Waals surface area (Å²) < 4.78 is 5.03. The molecule has 1 aliphatic heterocycles. The molecule has 1 heterocycles. The van der Waals surface area contributed by atoms with E-state index in [4.69, 9.17) is 4.74 Å². The molecule has 0 unspecified atom stereocenters. The normalized spacial score (nSPS) is 24.0. The van der Waals surface area contributed by atoms with E-state index in [2.05, 4.69) is 0 Å². The first-order chi connectivity index (χ1) is 3.00. The smallest absolute Gasteiger partial charge is 0.0920 e. The summed E-state index contributed by atoms with van der Waals surface area (Å²) in [6.45, 7) is 0.979. The van der Waals surface area contributed by atoms with E-state index in [1.165, 1.54) is 12.2 Å². The van der Waals surface area contributed by atoms with Gasteiger partial charge in [-0.15, -0.1) is 11.8 Å². The van der Waals surface area contributed by atoms with Crippen LogP contribution in [0, 0.1) is 0 Å². The van der Waals surface area contributed by atoms with Gasteiger partial charge in [-0.2, -0.15) is 0 Å². The molecule has 0 spiro atoms. The lowest BCUT2D eigenvalue weighted by atomic mass is 10.5. The van der Waals surface area contributed by atoms with Crippen molar-refractivity contribution in [3.8, 4) is 0 Å². The van der Waals surface area contributed by atoms with E-state index in [0.29, 0.717) is 0 Å². The maximum Gasteiger partial charge on any atom is 0.0920 e. The fraction of sp³-hybridized carbons (Fsp3) is 1.00. The maximum absolute atomic E-state index is 5.03. The monoisotopic (exact) mass is 104 g/mol. The Balaban J connectivity index is 2.00. The lowest BCUT2D eigenvalue weighted by molar-refractivity contribution is 0.176. The SMILES string of the molecule is C1COCSC1. The topological polar surface area (TPSA) is 9.23 Å². The molecule has 0 radical (unpaired) electrons. The first-order valence-corrected chi connectivity index (χ1v) is 3.31. The lowest BCUT2D eigenvalue weighted by Gasteiger charge is -2.07. The highest BCUT2D eigenvalue weighted by Crippen LogP contribution is 2.07. The summed E-state index contributed by atoms with van der Waals surface area (Å²) in [5.41, 5.74) is 0. The van der Waals surface area contributed by atoms with E-state index in [-0.39, 0.29) is 0 Å². The van der Waals surface area contributed by atoms with Crippen LogP contribution in [0.4, 0.5) is 0 Å². The minimum absolute atomic E-state index is 0.917. The second-order valence-corrected chi connectivity index (χ2v) is 2.34. The van der Waals surface area contributed by atoms with E-state index in [9.17, 15) is 0 Å². The van der Waals surface area contributed by atoms with Gasteiger partial charge in [0.1, 0.15) is 0 Å². The standard InChI is InChI=1S/C4H8OS/c1-2-5-4-6-3-1/h1-4H2.